The highest BCUT2D eigenvalue weighted by molar-refractivity contribution is 7.98. The van der Waals surface area contributed by atoms with Crippen molar-refractivity contribution in [3.8, 4) is 0 Å². The van der Waals surface area contributed by atoms with E-state index in [4.69, 9.17) is 0 Å². The van der Waals surface area contributed by atoms with E-state index in [9.17, 15) is 14.0 Å². The van der Waals surface area contributed by atoms with Crippen LogP contribution in [0.2, 0.25) is 0 Å². The Morgan fingerprint density at radius 2 is 1.94 bits per heavy atom. The highest BCUT2D eigenvalue weighted by atomic mass is 32.2. The second-order valence-electron chi connectivity index (χ2n) is 8.31. The van der Waals surface area contributed by atoms with E-state index in [1.165, 1.54) is 28.5 Å². The number of carbonyl (C=O) groups excluding carboxylic acids is 1. The largest absolute Gasteiger partial charge is 0.353 e. The predicted octanol–water partition coefficient (Wildman–Crippen LogP) is 3.92. The molecule has 7 nitrogen and oxygen atoms in total. The van der Waals surface area contributed by atoms with Crippen molar-refractivity contribution in [1.29, 1.82) is 0 Å². The van der Waals surface area contributed by atoms with E-state index in [0.29, 0.717) is 27.6 Å². The van der Waals surface area contributed by atoms with Crippen molar-refractivity contribution in [2.45, 2.75) is 55.6 Å². The first-order chi connectivity index (χ1) is 16.1. The molecule has 0 unspecified atom stereocenters. The molecule has 0 aliphatic heterocycles. The standard InChI is InChI=1S/C24H24FN5O2S/c25-17-7-5-6-16(14-17)15-33-24-28-27-23-29(13-12-21(31)26-18-8-1-2-9-18)22(32)19-10-3-4-11-20(19)30(23)24/h3-7,10-11,14,18H,1-2,8-9,12-13,15H2,(H,26,31). The smallest absolute Gasteiger partial charge is 0.262 e. The fourth-order valence-corrected chi connectivity index (χ4v) is 5.27. The molecule has 1 saturated carbocycles. The number of hydrogen-bond acceptors (Lipinski definition) is 5. The van der Waals surface area contributed by atoms with E-state index < -0.39 is 0 Å². The third kappa shape index (κ3) is 4.50. The lowest BCUT2D eigenvalue weighted by atomic mass is 10.2. The maximum Gasteiger partial charge on any atom is 0.262 e. The first-order valence-electron chi connectivity index (χ1n) is 11.1. The molecule has 9 heteroatoms. The van der Waals surface area contributed by atoms with E-state index in [1.54, 1.807) is 12.1 Å². The van der Waals surface area contributed by atoms with Gasteiger partial charge in [-0.15, -0.1) is 10.2 Å². The minimum atomic E-state index is -0.283. The van der Waals surface area contributed by atoms with Crippen LogP contribution in [0.1, 0.15) is 37.7 Å². The second kappa shape index (κ2) is 9.35. The zero-order valence-corrected chi connectivity index (χ0v) is 18.9. The molecule has 0 radical (unpaired) electrons. The third-order valence-corrected chi connectivity index (χ3v) is 7.02. The maximum atomic E-state index is 13.6. The molecular weight excluding hydrogens is 441 g/mol. The average molecular weight is 466 g/mol. The summed E-state index contributed by atoms with van der Waals surface area (Å²) in [6.45, 7) is 0.221. The normalized spacial score (nSPS) is 14.3. The summed E-state index contributed by atoms with van der Waals surface area (Å²) in [5, 5.41) is 12.8. The Morgan fingerprint density at radius 1 is 1.12 bits per heavy atom. The molecule has 2 aromatic carbocycles. The van der Waals surface area contributed by atoms with Crippen molar-refractivity contribution in [2.24, 2.45) is 0 Å². The van der Waals surface area contributed by atoms with Crippen molar-refractivity contribution in [3.63, 3.8) is 0 Å². The molecule has 1 amide bonds. The topological polar surface area (TPSA) is 81.3 Å². The van der Waals surface area contributed by atoms with Gasteiger partial charge in [0.2, 0.25) is 11.7 Å². The zero-order valence-electron chi connectivity index (χ0n) is 18.0. The van der Waals surface area contributed by atoms with Gasteiger partial charge in [0.15, 0.2) is 5.16 Å². The fraction of sp³-hybridized carbons (Fsp3) is 0.333. The van der Waals surface area contributed by atoms with E-state index in [1.807, 2.05) is 28.7 Å². The van der Waals surface area contributed by atoms with E-state index in [0.717, 1.165) is 31.2 Å². The molecule has 0 bridgehead atoms. The number of thioether (sulfide) groups is 1. The molecule has 1 N–H and O–H groups in total. The van der Waals surface area contributed by atoms with Gasteiger partial charge >= 0.3 is 0 Å². The minimum Gasteiger partial charge on any atom is -0.353 e. The number of hydrogen-bond donors (Lipinski definition) is 1. The Bertz CT molecular complexity index is 1380. The minimum absolute atomic E-state index is 0.0553. The van der Waals surface area contributed by atoms with E-state index >= 15 is 0 Å². The molecule has 0 saturated heterocycles. The van der Waals surface area contributed by atoms with Crippen molar-refractivity contribution in [3.05, 3.63) is 70.3 Å². The van der Waals surface area contributed by atoms with Crippen molar-refractivity contribution in [2.75, 3.05) is 0 Å². The Hall–Kier alpha value is -3.20. The first kappa shape index (κ1) is 21.6. The maximum absolute atomic E-state index is 13.6. The third-order valence-electron chi connectivity index (χ3n) is 6.02. The molecule has 170 valence electrons. The van der Waals surface area contributed by atoms with Gasteiger partial charge in [0.1, 0.15) is 5.82 Å². The van der Waals surface area contributed by atoms with Gasteiger partial charge in [-0.05, 0) is 42.7 Å². The summed E-state index contributed by atoms with van der Waals surface area (Å²) >= 11 is 1.42. The lowest BCUT2D eigenvalue weighted by Crippen LogP contribution is -2.34. The number of fused-ring (bicyclic) bond motifs is 3. The van der Waals surface area contributed by atoms with Crippen LogP contribution in [0.15, 0.2) is 58.5 Å². The fourth-order valence-electron chi connectivity index (χ4n) is 4.39. The van der Waals surface area contributed by atoms with Gasteiger partial charge in [-0.25, -0.2) is 4.39 Å². The highest BCUT2D eigenvalue weighted by Crippen LogP contribution is 2.25. The van der Waals surface area contributed by atoms with Gasteiger partial charge in [0.25, 0.3) is 5.56 Å². The van der Waals surface area contributed by atoms with Crippen LogP contribution in [0.4, 0.5) is 4.39 Å². The molecule has 33 heavy (non-hydrogen) atoms. The summed E-state index contributed by atoms with van der Waals surface area (Å²) in [4.78, 5) is 25.7. The number of rotatable bonds is 7. The van der Waals surface area contributed by atoms with Gasteiger partial charge in [-0.1, -0.05) is 48.9 Å². The Labute approximate surface area is 194 Å². The molecule has 5 rings (SSSR count). The molecule has 1 fully saturated rings. The lowest BCUT2D eigenvalue weighted by molar-refractivity contribution is -0.122. The van der Waals surface area contributed by atoms with Crippen LogP contribution >= 0.6 is 11.8 Å². The van der Waals surface area contributed by atoms with Crippen LogP contribution in [0.5, 0.6) is 0 Å². The number of amides is 1. The monoisotopic (exact) mass is 465 g/mol. The van der Waals surface area contributed by atoms with Crippen molar-refractivity contribution >= 4 is 34.3 Å². The molecular formula is C24H24FN5O2S. The number of nitrogens with zero attached hydrogens (tertiary/aromatic N) is 4. The summed E-state index contributed by atoms with van der Waals surface area (Å²) in [6, 6.07) is 14.0. The highest BCUT2D eigenvalue weighted by Gasteiger charge is 2.20. The second-order valence-corrected chi connectivity index (χ2v) is 9.25. The number of halogens is 1. The number of nitrogens with one attached hydrogen (secondary N) is 1. The van der Waals surface area contributed by atoms with Crippen LogP contribution in [0.3, 0.4) is 0 Å². The summed E-state index contributed by atoms with van der Waals surface area (Å²) in [6.07, 6.45) is 4.52. The quantitative estimate of drug-likeness (QED) is 0.419. The number of aryl methyl sites for hydroxylation is 1. The van der Waals surface area contributed by atoms with E-state index in [-0.39, 0.29) is 36.3 Å². The molecule has 2 aromatic heterocycles. The molecule has 0 atom stereocenters. The van der Waals surface area contributed by atoms with Gasteiger partial charge in [0.05, 0.1) is 10.9 Å². The number of para-hydroxylation sites is 1. The average Bonchev–Trinajstić information content (AvgIpc) is 3.48. The first-order valence-corrected chi connectivity index (χ1v) is 12.1. The SMILES string of the molecule is O=C(CCn1c(=O)c2ccccc2n2c(SCc3cccc(F)c3)nnc12)NC1CCCC1. The Kier molecular flexibility index (Phi) is 6.13. The summed E-state index contributed by atoms with van der Waals surface area (Å²) in [7, 11) is 0. The lowest BCUT2D eigenvalue weighted by Gasteiger charge is -2.13. The van der Waals surface area contributed by atoms with Crippen LogP contribution in [-0.2, 0) is 17.1 Å². The van der Waals surface area contributed by atoms with Crippen LogP contribution in [-0.4, -0.2) is 31.1 Å². The van der Waals surface area contributed by atoms with Crippen LogP contribution < -0.4 is 10.9 Å². The predicted molar refractivity (Wildman–Crippen MR) is 126 cm³/mol. The van der Waals surface area contributed by atoms with Gasteiger partial charge in [-0.2, -0.15) is 0 Å². The molecule has 1 aliphatic carbocycles. The summed E-state index contributed by atoms with van der Waals surface area (Å²) < 4.78 is 16.9. The van der Waals surface area contributed by atoms with Crippen molar-refractivity contribution < 1.29 is 9.18 Å². The molecule has 1 aliphatic rings. The number of carbonyl (C=O) groups is 1. The Balaban J connectivity index is 1.46. The van der Waals surface area contributed by atoms with Gasteiger partial charge in [-0.3, -0.25) is 18.6 Å². The summed E-state index contributed by atoms with van der Waals surface area (Å²) in [5.41, 5.74) is 1.34. The van der Waals surface area contributed by atoms with Crippen LogP contribution in [0, 0.1) is 5.82 Å². The molecule has 4 aromatic rings. The molecule has 0 spiro atoms. The summed E-state index contributed by atoms with van der Waals surface area (Å²) in [5.74, 6) is 0.569. The van der Waals surface area contributed by atoms with Crippen LogP contribution in [0.25, 0.3) is 16.7 Å². The number of aromatic nitrogens is 4. The molecule has 2 heterocycles. The zero-order chi connectivity index (χ0) is 22.8. The van der Waals surface area contributed by atoms with Gasteiger partial charge < -0.3 is 5.32 Å². The number of benzene rings is 2. The van der Waals surface area contributed by atoms with Crippen molar-refractivity contribution in [1.82, 2.24) is 24.5 Å². The Morgan fingerprint density at radius 3 is 2.76 bits per heavy atom. The van der Waals surface area contributed by atoms with Gasteiger partial charge in [0, 0.05) is 24.8 Å². The van der Waals surface area contributed by atoms with E-state index in [2.05, 4.69) is 15.5 Å².